The van der Waals surface area contributed by atoms with E-state index in [2.05, 4.69) is 172 Å². The largest absolute Gasteiger partial charge is 0.545 e. The van der Waals surface area contributed by atoms with Gasteiger partial charge in [0.25, 0.3) is 0 Å². The summed E-state index contributed by atoms with van der Waals surface area (Å²) in [6, 6.07) is 0. The SMILES string of the molecule is CC/C=C\C/C=C\C/C=C\C/C=C\C/C=C\C/C=C\C/C=C\C/C=C\C/C=C\CCCCCCCC(=O)OC(COC(=O)CCCCCCCCCC/C=C\C/C=C\C/C=C\C/C=C\CC)COC(OCC[N+](C)(C)C)C(=O)[O-]. The fraction of sp³-hybridized carbons (Fsp3) is 0.586. The van der Waals surface area contributed by atoms with Crippen LogP contribution in [0.3, 0.4) is 0 Å². The van der Waals surface area contributed by atoms with E-state index in [9.17, 15) is 19.5 Å². The van der Waals surface area contributed by atoms with Crippen LogP contribution in [0.1, 0.15) is 206 Å². The molecule has 0 aliphatic heterocycles. The van der Waals surface area contributed by atoms with Crippen LogP contribution in [0.25, 0.3) is 0 Å². The number of carbonyl (C=O) groups excluding carboxylic acids is 3. The number of hydrogen-bond donors (Lipinski definition) is 0. The second-order valence-corrected chi connectivity index (χ2v) is 20.9. The monoisotopic (exact) mass is 1090 g/mol. The van der Waals surface area contributed by atoms with Crippen molar-refractivity contribution in [2.24, 2.45) is 0 Å². The van der Waals surface area contributed by atoms with E-state index in [1.165, 1.54) is 25.7 Å². The minimum absolute atomic E-state index is 0.133. The Hall–Kier alpha value is -5.09. The third kappa shape index (κ3) is 60.4. The quantitative estimate of drug-likeness (QED) is 0.0195. The number of aliphatic carboxylic acids is 1. The molecule has 2 atom stereocenters. The topological polar surface area (TPSA) is 111 Å². The molecule has 0 aliphatic carbocycles. The molecule has 79 heavy (non-hydrogen) atoms. The van der Waals surface area contributed by atoms with Crippen molar-refractivity contribution < 1.29 is 42.9 Å². The second-order valence-electron chi connectivity index (χ2n) is 20.9. The van der Waals surface area contributed by atoms with Crippen LogP contribution >= 0.6 is 0 Å². The van der Waals surface area contributed by atoms with Gasteiger partial charge in [0, 0.05) is 12.8 Å². The fourth-order valence-corrected chi connectivity index (χ4v) is 7.64. The molecule has 0 saturated heterocycles. The van der Waals surface area contributed by atoms with Gasteiger partial charge in [0.1, 0.15) is 13.2 Å². The van der Waals surface area contributed by atoms with Crippen LogP contribution in [0, 0.1) is 0 Å². The van der Waals surface area contributed by atoms with Gasteiger partial charge >= 0.3 is 11.9 Å². The van der Waals surface area contributed by atoms with Crippen molar-refractivity contribution in [2.45, 2.75) is 219 Å². The standard InChI is InChI=1S/C70H111NO8/c1-6-8-10-12-14-16-18-20-22-24-26-28-29-30-31-32-33-34-35-36-37-38-39-41-43-45-47-49-51-53-55-57-59-61-68(73)79-66(65-78-70(69(74)75)76-63-62-71(3,4)5)64-77-67(72)60-58-56-54-52-50-48-46-44-42-40-27-25-23-21-19-17-15-13-11-9-7-2/h8-11,14-17,20-23,26-28,30-31,33-34,36-37,39-41,45,47,66,70H,6-7,12-13,18-19,24-25,29,32,35,38,42-44,46,48-65H2,1-5H3/b10-8-,11-9-,16-14-,17-15-,22-20-,23-21-,28-26-,31-30-,34-33-,37-36-,40-27-,41-39-,47-45-. The van der Waals surface area contributed by atoms with E-state index in [4.69, 9.17) is 18.9 Å². The Labute approximate surface area is 483 Å². The number of likely N-dealkylation sites (N-methyl/N-ethyl adjacent to an activating group) is 1. The lowest BCUT2D eigenvalue weighted by Gasteiger charge is -2.26. The normalized spacial score (nSPS) is 13.9. The number of esters is 2. The molecule has 0 rings (SSSR count). The van der Waals surface area contributed by atoms with Gasteiger partial charge in [-0.25, -0.2) is 0 Å². The Balaban J connectivity index is 4.33. The van der Waals surface area contributed by atoms with Crippen LogP contribution in [0.2, 0.25) is 0 Å². The molecule has 0 radical (unpaired) electrons. The minimum Gasteiger partial charge on any atom is -0.545 e. The maximum absolute atomic E-state index is 12.9. The van der Waals surface area contributed by atoms with Crippen LogP contribution in [-0.2, 0) is 33.3 Å². The molecule has 0 aromatic carbocycles. The smallest absolute Gasteiger partial charge is 0.306 e. The molecule has 0 amide bonds. The molecular weight excluding hydrogens is 983 g/mol. The first-order valence-electron chi connectivity index (χ1n) is 30.6. The summed E-state index contributed by atoms with van der Waals surface area (Å²) in [5.74, 6) is -2.34. The molecule has 0 heterocycles. The Morgan fingerprint density at radius 1 is 0.380 bits per heavy atom. The number of hydrogen-bond acceptors (Lipinski definition) is 8. The summed E-state index contributed by atoms with van der Waals surface area (Å²) in [7, 11) is 5.90. The van der Waals surface area contributed by atoms with E-state index in [1.54, 1.807) is 0 Å². The highest BCUT2D eigenvalue weighted by Gasteiger charge is 2.22. The molecule has 0 N–H and O–H groups in total. The lowest BCUT2D eigenvalue weighted by Crippen LogP contribution is -2.44. The predicted molar refractivity (Wildman–Crippen MR) is 333 cm³/mol. The first-order valence-corrected chi connectivity index (χ1v) is 30.6. The number of unbranched alkanes of at least 4 members (excludes halogenated alkanes) is 13. The number of carboxylic acids is 1. The molecule has 9 nitrogen and oxygen atoms in total. The van der Waals surface area contributed by atoms with Crippen molar-refractivity contribution in [1.29, 1.82) is 0 Å². The number of quaternary nitrogens is 1. The number of nitrogens with zero attached hydrogens (tertiary/aromatic N) is 1. The third-order valence-corrected chi connectivity index (χ3v) is 12.3. The Bertz CT molecular complexity index is 1850. The van der Waals surface area contributed by atoms with E-state index >= 15 is 0 Å². The molecule has 2 unspecified atom stereocenters. The summed E-state index contributed by atoms with van der Waals surface area (Å²) in [6.07, 6.45) is 84.3. The van der Waals surface area contributed by atoms with Crippen molar-refractivity contribution in [3.63, 3.8) is 0 Å². The Morgan fingerprint density at radius 3 is 1.01 bits per heavy atom. The predicted octanol–water partition coefficient (Wildman–Crippen LogP) is 17.2. The Kier molecular flexibility index (Phi) is 55.2. The third-order valence-electron chi connectivity index (χ3n) is 12.3. The number of rotatable bonds is 54. The number of ether oxygens (including phenoxy) is 4. The van der Waals surface area contributed by atoms with Gasteiger partial charge in [-0.05, 0) is 122 Å². The van der Waals surface area contributed by atoms with Crippen LogP contribution in [0.15, 0.2) is 158 Å². The van der Waals surface area contributed by atoms with Crippen LogP contribution in [0.5, 0.6) is 0 Å². The van der Waals surface area contributed by atoms with Crippen LogP contribution in [-0.4, -0.2) is 82.3 Å². The average molecular weight is 1090 g/mol. The van der Waals surface area contributed by atoms with Gasteiger partial charge < -0.3 is 33.3 Å². The van der Waals surface area contributed by atoms with E-state index in [-0.39, 0.29) is 38.6 Å². The van der Waals surface area contributed by atoms with Crippen molar-refractivity contribution in [3.8, 4) is 0 Å². The maximum atomic E-state index is 12.9. The van der Waals surface area contributed by atoms with Gasteiger partial charge in [0.2, 0.25) is 0 Å². The van der Waals surface area contributed by atoms with Crippen molar-refractivity contribution in [3.05, 3.63) is 158 Å². The zero-order valence-electron chi connectivity index (χ0n) is 50.4. The van der Waals surface area contributed by atoms with Gasteiger partial charge in [-0.1, -0.05) is 230 Å². The zero-order valence-corrected chi connectivity index (χ0v) is 50.4. The highest BCUT2D eigenvalue weighted by atomic mass is 16.7. The summed E-state index contributed by atoms with van der Waals surface area (Å²) in [6.45, 7) is 4.46. The fourth-order valence-electron chi connectivity index (χ4n) is 7.64. The molecule has 0 saturated carbocycles. The molecule has 0 bridgehead atoms. The first-order chi connectivity index (χ1) is 38.6. The summed E-state index contributed by atoms with van der Waals surface area (Å²) >= 11 is 0. The summed E-state index contributed by atoms with van der Waals surface area (Å²) in [4.78, 5) is 37.4. The summed E-state index contributed by atoms with van der Waals surface area (Å²) in [5.41, 5.74) is 0. The lowest BCUT2D eigenvalue weighted by atomic mass is 10.1. The van der Waals surface area contributed by atoms with Gasteiger partial charge in [0.05, 0.1) is 40.3 Å². The zero-order chi connectivity index (χ0) is 57.6. The highest BCUT2D eigenvalue weighted by Crippen LogP contribution is 2.14. The van der Waals surface area contributed by atoms with Crippen LogP contribution in [0.4, 0.5) is 0 Å². The lowest BCUT2D eigenvalue weighted by molar-refractivity contribution is -0.870. The van der Waals surface area contributed by atoms with Gasteiger partial charge in [-0.2, -0.15) is 0 Å². The van der Waals surface area contributed by atoms with E-state index < -0.39 is 24.3 Å². The Morgan fingerprint density at radius 2 is 0.684 bits per heavy atom. The highest BCUT2D eigenvalue weighted by molar-refractivity contribution is 5.70. The van der Waals surface area contributed by atoms with Crippen molar-refractivity contribution in [1.82, 2.24) is 0 Å². The molecule has 0 aliphatic rings. The molecule has 0 aromatic rings. The van der Waals surface area contributed by atoms with E-state index in [0.29, 0.717) is 17.4 Å². The number of allylic oxidation sites excluding steroid dienone is 26. The number of carbonyl (C=O) groups is 3. The molecule has 0 aromatic heterocycles. The summed E-state index contributed by atoms with van der Waals surface area (Å²) in [5, 5.41) is 11.8. The minimum atomic E-state index is -1.64. The van der Waals surface area contributed by atoms with Crippen molar-refractivity contribution >= 4 is 17.9 Å². The molecule has 0 spiro atoms. The average Bonchev–Trinajstić information content (AvgIpc) is 3.42. The molecular formula is C70H111NO8. The van der Waals surface area contributed by atoms with Gasteiger partial charge in [0.15, 0.2) is 12.4 Å². The maximum Gasteiger partial charge on any atom is 0.306 e. The van der Waals surface area contributed by atoms with Crippen molar-refractivity contribution in [2.75, 3.05) is 47.5 Å². The molecule has 0 fully saturated rings. The van der Waals surface area contributed by atoms with Crippen LogP contribution < -0.4 is 5.11 Å². The summed E-state index contributed by atoms with van der Waals surface area (Å²) < 4.78 is 22.7. The first kappa shape index (κ1) is 73.9. The van der Waals surface area contributed by atoms with E-state index in [0.717, 1.165) is 148 Å². The van der Waals surface area contributed by atoms with Gasteiger partial charge in [-0.15, -0.1) is 0 Å². The number of carboxylic acid groups (broad SMARTS) is 1. The second kappa shape index (κ2) is 59.0. The van der Waals surface area contributed by atoms with Gasteiger partial charge in [-0.3, -0.25) is 9.59 Å². The molecule has 9 heteroatoms. The molecule has 444 valence electrons. The van der Waals surface area contributed by atoms with E-state index in [1.807, 2.05) is 21.1 Å².